The van der Waals surface area contributed by atoms with Crippen LogP contribution in [0.25, 0.3) is 39.2 Å². The maximum atomic E-state index is 5.67. The summed E-state index contributed by atoms with van der Waals surface area (Å²) in [4.78, 5) is 21.9. The first kappa shape index (κ1) is 21.7. The largest absolute Gasteiger partial charge is 0.368 e. The van der Waals surface area contributed by atoms with Gasteiger partial charge in [0.2, 0.25) is 5.95 Å². The standard InChI is InChI=1S/C25H23N11/c1-25(2,3)36-21-7-4-15(17-10-28-24(26)29-11-17)9-19(21)33-23(36)18-8-16(22-30-13-31-34-22)5-6-20(18)35-14-27-12-32-35/h4-12,14H,13H2,1-3H3,(H2,26,28,29). The fraction of sp³-hybridized carbons (Fsp3) is 0.200. The number of hydrogen-bond donors (Lipinski definition) is 1. The quantitative estimate of drug-likeness (QED) is 0.411. The van der Waals surface area contributed by atoms with Gasteiger partial charge in [-0.1, -0.05) is 6.07 Å². The molecule has 0 saturated carbocycles. The van der Waals surface area contributed by atoms with Crippen molar-refractivity contribution in [3.05, 3.63) is 67.0 Å². The van der Waals surface area contributed by atoms with Gasteiger partial charge in [-0.25, -0.2) is 29.6 Å². The molecular weight excluding hydrogens is 454 g/mol. The minimum Gasteiger partial charge on any atom is -0.368 e. The SMILES string of the molecule is CC(C)(C)n1c(-c2cc(C3=NCN=N3)ccc2-n2cncn2)nc2cc(-c3cnc(N)nc3)ccc21. The highest BCUT2D eigenvalue weighted by atomic mass is 15.3. The number of imidazole rings is 1. The van der Waals surface area contributed by atoms with E-state index in [9.17, 15) is 0 Å². The molecule has 36 heavy (non-hydrogen) atoms. The Morgan fingerprint density at radius 3 is 2.44 bits per heavy atom. The van der Waals surface area contributed by atoms with Gasteiger partial charge >= 0.3 is 0 Å². The van der Waals surface area contributed by atoms with Gasteiger partial charge in [0.15, 0.2) is 12.5 Å². The minimum atomic E-state index is -0.268. The van der Waals surface area contributed by atoms with Crippen LogP contribution in [0.5, 0.6) is 0 Å². The molecule has 11 heteroatoms. The Labute approximate surface area is 206 Å². The highest BCUT2D eigenvalue weighted by Crippen LogP contribution is 2.36. The molecule has 0 saturated heterocycles. The van der Waals surface area contributed by atoms with Gasteiger partial charge in [0.05, 0.1) is 16.7 Å². The molecule has 2 N–H and O–H groups in total. The molecule has 0 fully saturated rings. The Balaban J connectivity index is 1.60. The normalized spacial score (nSPS) is 13.5. The van der Waals surface area contributed by atoms with E-state index in [4.69, 9.17) is 10.7 Å². The Kier molecular flexibility index (Phi) is 4.92. The number of aliphatic imine (C=N–C) groups is 1. The van der Waals surface area contributed by atoms with Crippen LogP contribution in [0, 0.1) is 0 Å². The summed E-state index contributed by atoms with van der Waals surface area (Å²) in [7, 11) is 0. The average molecular weight is 478 g/mol. The van der Waals surface area contributed by atoms with E-state index in [0.29, 0.717) is 12.5 Å². The van der Waals surface area contributed by atoms with E-state index in [2.05, 4.69) is 66.7 Å². The lowest BCUT2D eigenvalue weighted by molar-refractivity contribution is 0.413. The Morgan fingerprint density at radius 2 is 1.75 bits per heavy atom. The molecule has 0 bridgehead atoms. The number of fused-ring (bicyclic) bond motifs is 1. The van der Waals surface area contributed by atoms with Crippen molar-refractivity contribution < 1.29 is 0 Å². The van der Waals surface area contributed by atoms with E-state index in [1.807, 2.05) is 30.3 Å². The zero-order valence-electron chi connectivity index (χ0n) is 20.0. The molecule has 0 radical (unpaired) electrons. The van der Waals surface area contributed by atoms with Gasteiger partial charge in [-0.15, -0.1) is 5.11 Å². The fourth-order valence-corrected chi connectivity index (χ4v) is 4.37. The highest BCUT2D eigenvalue weighted by Gasteiger charge is 2.25. The van der Waals surface area contributed by atoms with Crippen LogP contribution in [0.1, 0.15) is 26.3 Å². The molecule has 11 nitrogen and oxygen atoms in total. The third-order valence-corrected chi connectivity index (χ3v) is 5.94. The summed E-state index contributed by atoms with van der Waals surface area (Å²) in [6.45, 7) is 6.82. The van der Waals surface area contributed by atoms with Gasteiger partial charge in [0.25, 0.3) is 0 Å². The van der Waals surface area contributed by atoms with Gasteiger partial charge in [-0.2, -0.15) is 10.2 Å². The van der Waals surface area contributed by atoms with E-state index in [0.717, 1.165) is 44.8 Å². The van der Waals surface area contributed by atoms with E-state index in [1.165, 1.54) is 6.33 Å². The molecule has 0 spiro atoms. The second-order valence-electron chi connectivity index (χ2n) is 9.41. The van der Waals surface area contributed by atoms with E-state index in [1.54, 1.807) is 23.4 Å². The van der Waals surface area contributed by atoms with Crippen LogP contribution in [0.3, 0.4) is 0 Å². The topological polar surface area (TPSA) is 137 Å². The predicted molar refractivity (Wildman–Crippen MR) is 137 cm³/mol. The third kappa shape index (κ3) is 3.70. The summed E-state index contributed by atoms with van der Waals surface area (Å²) in [5, 5.41) is 12.6. The van der Waals surface area contributed by atoms with Gasteiger partial charge in [-0.3, -0.25) is 0 Å². The maximum Gasteiger partial charge on any atom is 0.219 e. The molecule has 0 aliphatic carbocycles. The lowest BCUT2D eigenvalue weighted by atomic mass is 10.0. The molecule has 0 unspecified atom stereocenters. The van der Waals surface area contributed by atoms with Crippen molar-refractivity contribution >= 4 is 22.8 Å². The number of hydrogen-bond acceptors (Lipinski definition) is 9. The molecule has 2 aromatic carbocycles. The molecular formula is C25H23N11. The van der Waals surface area contributed by atoms with Gasteiger partial charge in [0, 0.05) is 34.6 Å². The zero-order chi connectivity index (χ0) is 24.9. The number of aromatic nitrogens is 7. The number of benzene rings is 2. The second-order valence-corrected chi connectivity index (χ2v) is 9.41. The molecule has 6 rings (SSSR count). The summed E-state index contributed by atoms with van der Waals surface area (Å²) in [5.41, 5.74) is 11.7. The summed E-state index contributed by atoms with van der Waals surface area (Å²) in [5.74, 6) is 1.64. The lowest BCUT2D eigenvalue weighted by Crippen LogP contribution is -2.23. The monoisotopic (exact) mass is 477 g/mol. The van der Waals surface area contributed by atoms with Gasteiger partial charge < -0.3 is 10.3 Å². The lowest BCUT2D eigenvalue weighted by Gasteiger charge is -2.25. The molecule has 178 valence electrons. The molecule has 0 amide bonds. The summed E-state index contributed by atoms with van der Waals surface area (Å²) >= 11 is 0. The van der Waals surface area contributed by atoms with Crippen molar-refractivity contribution in [3.63, 3.8) is 0 Å². The van der Waals surface area contributed by atoms with Gasteiger partial charge in [-0.05, 0) is 56.7 Å². The Morgan fingerprint density at radius 1 is 0.944 bits per heavy atom. The molecule has 4 heterocycles. The summed E-state index contributed by atoms with van der Waals surface area (Å²) < 4.78 is 3.98. The first-order valence-electron chi connectivity index (χ1n) is 11.4. The van der Waals surface area contributed by atoms with Crippen LogP contribution >= 0.6 is 0 Å². The third-order valence-electron chi connectivity index (χ3n) is 5.94. The molecule has 0 atom stereocenters. The minimum absolute atomic E-state index is 0.242. The Bertz CT molecular complexity index is 1640. The molecule has 1 aliphatic heterocycles. The van der Waals surface area contributed by atoms with Gasteiger partial charge in [0.1, 0.15) is 18.5 Å². The first-order chi connectivity index (χ1) is 17.4. The van der Waals surface area contributed by atoms with Crippen molar-refractivity contribution in [1.29, 1.82) is 0 Å². The number of nitrogen functional groups attached to an aromatic ring is 1. The predicted octanol–water partition coefficient (Wildman–Crippen LogP) is 4.25. The number of anilines is 1. The van der Waals surface area contributed by atoms with E-state index >= 15 is 0 Å². The van der Waals surface area contributed by atoms with E-state index in [-0.39, 0.29) is 11.5 Å². The number of rotatable bonds is 4. The van der Waals surface area contributed by atoms with Crippen LogP contribution in [-0.2, 0) is 5.54 Å². The number of nitrogens with two attached hydrogens (primary N) is 1. The fourth-order valence-electron chi connectivity index (χ4n) is 4.37. The molecule has 3 aromatic heterocycles. The van der Waals surface area contributed by atoms with E-state index < -0.39 is 0 Å². The Hall–Kier alpha value is -4.80. The average Bonchev–Trinajstić information content (AvgIpc) is 3.64. The maximum absolute atomic E-state index is 5.67. The van der Waals surface area contributed by atoms with Crippen LogP contribution in [0.4, 0.5) is 5.95 Å². The summed E-state index contributed by atoms with van der Waals surface area (Å²) in [6, 6.07) is 12.2. The van der Waals surface area contributed by atoms with Crippen LogP contribution in [0.2, 0.25) is 0 Å². The van der Waals surface area contributed by atoms with Crippen molar-refractivity contribution in [2.45, 2.75) is 26.3 Å². The number of azo groups is 1. The smallest absolute Gasteiger partial charge is 0.219 e. The highest BCUT2D eigenvalue weighted by molar-refractivity contribution is 6.01. The van der Waals surface area contributed by atoms with Crippen molar-refractivity contribution in [3.8, 4) is 28.2 Å². The van der Waals surface area contributed by atoms with Crippen LogP contribution in [0.15, 0.2) is 76.7 Å². The van der Waals surface area contributed by atoms with Crippen LogP contribution in [-0.4, -0.2) is 46.8 Å². The van der Waals surface area contributed by atoms with Crippen molar-refractivity contribution in [2.24, 2.45) is 15.2 Å². The number of amidine groups is 1. The molecule has 5 aromatic rings. The first-order valence-corrected chi connectivity index (χ1v) is 11.4. The van der Waals surface area contributed by atoms with Crippen molar-refractivity contribution in [1.82, 2.24) is 34.3 Å². The molecule has 1 aliphatic rings. The van der Waals surface area contributed by atoms with Crippen molar-refractivity contribution in [2.75, 3.05) is 12.4 Å². The summed E-state index contributed by atoms with van der Waals surface area (Å²) in [6.07, 6.45) is 6.62. The van der Waals surface area contributed by atoms with Crippen LogP contribution < -0.4 is 5.73 Å². The number of nitrogens with zero attached hydrogens (tertiary/aromatic N) is 10. The second kappa shape index (κ2) is 8.15. The zero-order valence-corrected chi connectivity index (χ0v) is 20.0.